The molecule has 0 saturated heterocycles. The molecule has 0 N–H and O–H groups in total. The summed E-state index contributed by atoms with van der Waals surface area (Å²) >= 11 is 0. The molecule has 164 valence electrons. The zero-order chi connectivity index (χ0) is 21.8. The maximum atomic E-state index is 13.5. The molecule has 0 atom stereocenters. The predicted molar refractivity (Wildman–Crippen MR) is 124 cm³/mol. The van der Waals surface area contributed by atoms with Gasteiger partial charge < -0.3 is 19.4 Å². The van der Waals surface area contributed by atoms with E-state index in [4.69, 9.17) is 4.74 Å². The van der Waals surface area contributed by atoms with Gasteiger partial charge in [0.1, 0.15) is 12.4 Å². The standard InChI is InChI=1S/C25H37N3O2/c1-5-26(6-2)17-18-27(21-23-13-9-7-10-14-23)25(29)28(22(3)4)19-20-30-24-15-11-8-12-16-24/h7-16,22H,5-6,17-21H2,1-4H3. The number of nitrogens with zero attached hydrogens (tertiary/aromatic N) is 3. The summed E-state index contributed by atoms with van der Waals surface area (Å²) in [6, 6.07) is 20.1. The molecule has 5 heteroatoms. The van der Waals surface area contributed by atoms with Crippen molar-refractivity contribution in [1.82, 2.24) is 14.7 Å². The van der Waals surface area contributed by atoms with Crippen LogP contribution in [0.4, 0.5) is 4.79 Å². The van der Waals surface area contributed by atoms with E-state index in [9.17, 15) is 4.79 Å². The van der Waals surface area contributed by atoms with E-state index in [-0.39, 0.29) is 12.1 Å². The minimum Gasteiger partial charge on any atom is -0.492 e. The molecule has 30 heavy (non-hydrogen) atoms. The van der Waals surface area contributed by atoms with Crippen molar-refractivity contribution in [3.8, 4) is 5.75 Å². The van der Waals surface area contributed by atoms with Gasteiger partial charge in [-0.15, -0.1) is 0 Å². The molecule has 0 aliphatic heterocycles. The van der Waals surface area contributed by atoms with Crippen molar-refractivity contribution in [3.05, 3.63) is 66.2 Å². The van der Waals surface area contributed by atoms with Crippen LogP contribution in [0.25, 0.3) is 0 Å². The highest BCUT2D eigenvalue weighted by molar-refractivity contribution is 5.74. The summed E-state index contributed by atoms with van der Waals surface area (Å²) in [6.07, 6.45) is 0. The van der Waals surface area contributed by atoms with Gasteiger partial charge in [-0.25, -0.2) is 4.79 Å². The van der Waals surface area contributed by atoms with Crippen LogP contribution in [0.5, 0.6) is 5.75 Å². The molecule has 0 heterocycles. The van der Waals surface area contributed by atoms with E-state index >= 15 is 0 Å². The zero-order valence-corrected chi connectivity index (χ0v) is 19.0. The summed E-state index contributed by atoms with van der Waals surface area (Å²) in [5.74, 6) is 0.830. The van der Waals surface area contributed by atoms with Gasteiger partial charge in [0.2, 0.25) is 0 Å². The molecule has 2 rings (SSSR count). The number of urea groups is 1. The Morgan fingerprint density at radius 1 is 0.867 bits per heavy atom. The number of amides is 2. The minimum atomic E-state index is 0.0673. The smallest absolute Gasteiger partial charge is 0.320 e. The molecule has 0 unspecified atom stereocenters. The Bertz CT molecular complexity index is 718. The van der Waals surface area contributed by atoms with Gasteiger partial charge in [0.25, 0.3) is 0 Å². The molecule has 2 aromatic carbocycles. The van der Waals surface area contributed by atoms with E-state index in [1.54, 1.807) is 0 Å². The van der Waals surface area contributed by atoms with Crippen LogP contribution < -0.4 is 4.74 Å². The van der Waals surface area contributed by atoms with Crippen LogP contribution >= 0.6 is 0 Å². The van der Waals surface area contributed by atoms with Gasteiger partial charge in [-0.05, 0) is 44.6 Å². The van der Waals surface area contributed by atoms with Gasteiger partial charge in [-0.3, -0.25) is 0 Å². The van der Waals surface area contributed by atoms with Crippen molar-refractivity contribution in [2.45, 2.75) is 40.3 Å². The van der Waals surface area contributed by atoms with E-state index in [1.807, 2.05) is 58.3 Å². The molecule has 0 saturated carbocycles. The molecule has 0 spiro atoms. The number of para-hydroxylation sites is 1. The van der Waals surface area contributed by atoms with E-state index < -0.39 is 0 Å². The number of carbonyl (C=O) groups is 1. The van der Waals surface area contributed by atoms with Crippen molar-refractivity contribution >= 4 is 6.03 Å². The van der Waals surface area contributed by atoms with Crippen LogP contribution in [0.2, 0.25) is 0 Å². The number of ether oxygens (including phenoxy) is 1. The molecule has 5 nitrogen and oxygen atoms in total. The molecule has 0 fully saturated rings. The van der Waals surface area contributed by atoms with Crippen LogP contribution in [-0.4, -0.2) is 66.1 Å². The third kappa shape index (κ3) is 7.71. The van der Waals surface area contributed by atoms with Crippen molar-refractivity contribution in [2.75, 3.05) is 39.3 Å². The van der Waals surface area contributed by atoms with Crippen molar-refractivity contribution in [2.24, 2.45) is 0 Å². The molecule has 0 aliphatic carbocycles. The summed E-state index contributed by atoms with van der Waals surface area (Å²) in [6.45, 7) is 13.6. The van der Waals surface area contributed by atoms with Crippen LogP contribution in [0.3, 0.4) is 0 Å². The Hall–Kier alpha value is -2.53. The molecular formula is C25H37N3O2. The molecular weight excluding hydrogens is 374 g/mol. The molecule has 0 radical (unpaired) electrons. The van der Waals surface area contributed by atoms with E-state index in [0.717, 1.165) is 30.9 Å². The monoisotopic (exact) mass is 411 g/mol. The molecule has 0 aromatic heterocycles. The van der Waals surface area contributed by atoms with Gasteiger partial charge in [-0.2, -0.15) is 0 Å². The van der Waals surface area contributed by atoms with E-state index in [2.05, 4.69) is 44.7 Å². The number of benzene rings is 2. The number of hydrogen-bond donors (Lipinski definition) is 0. The average molecular weight is 412 g/mol. The Balaban J connectivity index is 2.06. The SMILES string of the molecule is CCN(CC)CCN(Cc1ccccc1)C(=O)N(CCOc1ccccc1)C(C)C. The Morgan fingerprint density at radius 3 is 2.03 bits per heavy atom. The lowest BCUT2D eigenvalue weighted by Gasteiger charge is -2.34. The molecule has 2 aromatic rings. The second-order valence-corrected chi connectivity index (χ2v) is 7.67. The third-order valence-corrected chi connectivity index (χ3v) is 5.28. The highest BCUT2D eigenvalue weighted by atomic mass is 16.5. The summed E-state index contributed by atoms with van der Waals surface area (Å²) in [5.41, 5.74) is 1.15. The fraction of sp³-hybridized carbons (Fsp3) is 0.480. The van der Waals surface area contributed by atoms with Gasteiger partial charge in [-0.1, -0.05) is 62.4 Å². The van der Waals surface area contributed by atoms with Crippen LogP contribution in [-0.2, 0) is 6.54 Å². The first-order valence-electron chi connectivity index (χ1n) is 11.0. The fourth-order valence-corrected chi connectivity index (χ4v) is 3.38. The lowest BCUT2D eigenvalue weighted by atomic mass is 10.2. The van der Waals surface area contributed by atoms with Crippen molar-refractivity contribution < 1.29 is 9.53 Å². The summed E-state index contributed by atoms with van der Waals surface area (Å²) < 4.78 is 5.85. The third-order valence-electron chi connectivity index (χ3n) is 5.28. The van der Waals surface area contributed by atoms with Gasteiger partial charge in [0, 0.05) is 25.7 Å². The summed E-state index contributed by atoms with van der Waals surface area (Å²) in [7, 11) is 0. The number of carbonyl (C=O) groups excluding carboxylic acids is 1. The lowest BCUT2D eigenvalue weighted by Crippen LogP contribution is -2.49. The van der Waals surface area contributed by atoms with E-state index in [1.165, 1.54) is 0 Å². The highest BCUT2D eigenvalue weighted by Gasteiger charge is 2.23. The Labute approximate surface area is 182 Å². The number of likely N-dealkylation sites (N-methyl/N-ethyl adjacent to an activating group) is 1. The quantitative estimate of drug-likeness (QED) is 0.506. The summed E-state index contributed by atoms with van der Waals surface area (Å²) in [5, 5.41) is 0. The van der Waals surface area contributed by atoms with Crippen molar-refractivity contribution in [1.29, 1.82) is 0 Å². The molecule has 0 aliphatic rings. The van der Waals surface area contributed by atoms with Crippen LogP contribution in [0, 0.1) is 0 Å². The second kappa shape index (κ2) is 12.9. The van der Waals surface area contributed by atoms with Gasteiger partial charge >= 0.3 is 6.03 Å². The first-order valence-corrected chi connectivity index (χ1v) is 11.0. The minimum absolute atomic E-state index is 0.0673. The Morgan fingerprint density at radius 2 is 1.47 bits per heavy atom. The predicted octanol–water partition coefficient (Wildman–Crippen LogP) is 4.74. The Kier molecular flexibility index (Phi) is 10.2. The largest absolute Gasteiger partial charge is 0.492 e. The maximum absolute atomic E-state index is 13.5. The number of rotatable bonds is 12. The average Bonchev–Trinajstić information content (AvgIpc) is 2.77. The van der Waals surface area contributed by atoms with Crippen LogP contribution in [0.15, 0.2) is 60.7 Å². The van der Waals surface area contributed by atoms with E-state index in [0.29, 0.717) is 26.2 Å². The first kappa shape index (κ1) is 23.7. The highest BCUT2D eigenvalue weighted by Crippen LogP contribution is 2.12. The summed E-state index contributed by atoms with van der Waals surface area (Å²) in [4.78, 5) is 19.7. The fourth-order valence-electron chi connectivity index (χ4n) is 3.38. The van der Waals surface area contributed by atoms with Gasteiger partial charge in [0.15, 0.2) is 0 Å². The van der Waals surface area contributed by atoms with Crippen molar-refractivity contribution in [3.63, 3.8) is 0 Å². The van der Waals surface area contributed by atoms with Crippen LogP contribution in [0.1, 0.15) is 33.3 Å². The lowest BCUT2D eigenvalue weighted by molar-refractivity contribution is 0.121. The number of hydrogen-bond acceptors (Lipinski definition) is 3. The molecule has 2 amide bonds. The van der Waals surface area contributed by atoms with Gasteiger partial charge in [0.05, 0.1) is 6.54 Å². The molecule has 0 bridgehead atoms. The normalized spacial score (nSPS) is 11.0. The first-order chi connectivity index (χ1) is 14.5. The maximum Gasteiger partial charge on any atom is 0.320 e. The zero-order valence-electron chi connectivity index (χ0n) is 19.0. The topological polar surface area (TPSA) is 36.0 Å². The second-order valence-electron chi connectivity index (χ2n) is 7.67.